The van der Waals surface area contributed by atoms with Gasteiger partial charge >= 0.3 is 12.1 Å². The van der Waals surface area contributed by atoms with Gasteiger partial charge in [-0.1, -0.05) is 48.5 Å². The summed E-state index contributed by atoms with van der Waals surface area (Å²) < 4.78 is 5.57. The zero-order chi connectivity index (χ0) is 23.9. The summed E-state index contributed by atoms with van der Waals surface area (Å²) >= 11 is 0. The Bertz CT molecular complexity index is 1130. The number of benzene rings is 2. The molecule has 0 radical (unpaired) electrons. The summed E-state index contributed by atoms with van der Waals surface area (Å²) in [5.74, 6) is -3.45. The number of hydrogen-bond donors (Lipinski definition) is 4. The van der Waals surface area contributed by atoms with Crippen LogP contribution in [0, 0.1) is 5.92 Å². The van der Waals surface area contributed by atoms with E-state index in [1.165, 1.54) is 0 Å². The highest BCUT2D eigenvalue weighted by molar-refractivity contribution is 5.98. The van der Waals surface area contributed by atoms with Crippen molar-refractivity contribution in [2.75, 3.05) is 13.2 Å². The molecule has 2 atom stereocenters. The molecule has 2 fully saturated rings. The van der Waals surface area contributed by atoms with Crippen LogP contribution in [0.2, 0.25) is 0 Å². The summed E-state index contributed by atoms with van der Waals surface area (Å²) in [5, 5.41) is 17.0. The third-order valence-electron chi connectivity index (χ3n) is 7.11. The lowest BCUT2D eigenvalue weighted by atomic mass is 9.75. The number of nitrogens with one attached hydrogen (secondary N) is 3. The Labute approximate surface area is 195 Å². The highest BCUT2D eigenvalue weighted by Crippen LogP contribution is 2.44. The minimum Gasteiger partial charge on any atom is -0.481 e. The summed E-state index contributed by atoms with van der Waals surface area (Å²) in [4.78, 5) is 49.1. The van der Waals surface area contributed by atoms with Gasteiger partial charge in [-0.05, 0) is 41.5 Å². The fourth-order valence-electron chi connectivity index (χ4n) is 5.07. The maximum Gasteiger partial charge on any atom is 0.408 e. The Morgan fingerprint density at radius 1 is 1.03 bits per heavy atom. The van der Waals surface area contributed by atoms with Gasteiger partial charge in [0.2, 0.25) is 11.8 Å². The first-order chi connectivity index (χ1) is 16.4. The number of ether oxygens (including phenoxy) is 1. The quantitative estimate of drug-likeness (QED) is 0.516. The number of carbonyl (C=O) groups excluding carboxylic acids is 3. The predicted octanol–water partition coefficient (Wildman–Crippen LogP) is 1.76. The van der Waals surface area contributed by atoms with Crippen molar-refractivity contribution in [2.45, 2.75) is 36.8 Å². The average molecular weight is 463 g/mol. The van der Waals surface area contributed by atoms with Gasteiger partial charge in [-0.2, -0.15) is 0 Å². The fourth-order valence-corrected chi connectivity index (χ4v) is 5.07. The van der Waals surface area contributed by atoms with E-state index in [1.54, 1.807) is 0 Å². The number of fused-ring (bicyclic) bond motifs is 3. The van der Waals surface area contributed by atoms with Crippen molar-refractivity contribution < 1.29 is 29.0 Å². The monoisotopic (exact) mass is 463 g/mol. The summed E-state index contributed by atoms with van der Waals surface area (Å²) in [6.07, 6.45) is 0.767. The van der Waals surface area contributed by atoms with Crippen LogP contribution in [-0.2, 0) is 19.1 Å². The molecule has 2 aromatic carbocycles. The normalized spacial score (nSPS) is 22.1. The van der Waals surface area contributed by atoms with Gasteiger partial charge in [0.1, 0.15) is 24.1 Å². The van der Waals surface area contributed by atoms with Gasteiger partial charge < -0.3 is 25.8 Å². The van der Waals surface area contributed by atoms with E-state index in [0.717, 1.165) is 28.7 Å². The molecule has 1 aliphatic heterocycles. The third-order valence-corrected chi connectivity index (χ3v) is 7.11. The molecule has 0 spiro atoms. The molecule has 2 unspecified atom stereocenters. The second-order valence-corrected chi connectivity index (χ2v) is 9.03. The molecule has 2 aliphatic carbocycles. The largest absolute Gasteiger partial charge is 0.481 e. The lowest BCUT2D eigenvalue weighted by Crippen LogP contribution is -2.65. The number of alkyl carbamates (subject to hydrolysis) is 1. The molecule has 4 N–H and O–H groups in total. The molecule has 2 aromatic rings. The summed E-state index contributed by atoms with van der Waals surface area (Å²) in [5.41, 5.74) is 3.18. The van der Waals surface area contributed by atoms with Gasteiger partial charge in [-0.3, -0.25) is 14.4 Å². The number of amides is 3. The molecule has 9 nitrogen and oxygen atoms in total. The Hall–Kier alpha value is -3.88. The summed E-state index contributed by atoms with van der Waals surface area (Å²) in [6, 6.07) is 14.8. The highest BCUT2D eigenvalue weighted by Gasteiger charge is 2.49. The predicted molar refractivity (Wildman–Crippen MR) is 121 cm³/mol. The van der Waals surface area contributed by atoms with Gasteiger partial charge in [0.05, 0.1) is 0 Å². The molecule has 1 saturated heterocycles. The molecule has 0 aromatic heterocycles. The molecule has 5 rings (SSSR count). The first kappa shape index (κ1) is 21.9. The van der Waals surface area contributed by atoms with Gasteiger partial charge in [0.25, 0.3) is 0 Å². The average Bonchev–Trinajstić information content (AvgIpc) is 3.32. The minimum atomic E-state index is -1.21. The first-order valence-corrected chi connectivity index (χ1v) is 11.3. The van der Waals surface area contributed by atoms with Crippen molar-refractivity contribution in [2.24, 2.45) is 5.92 Å². The van der Waals surface area contributed by atoms with Crippen LogP contribution in [0.15, 0.2) is 48.5 Å². The van der Waals surface area contributed by atoms with E-state index in [2.05, 4.69) is 16.0 Å². The van der Waals surface area contributed by atoms with Crippen LogP contribution >= 0.6 is 0 Å². The van der Waals surface area contributed by atoms with Crippen LogP contribution in [0.5, 0.6) is 0 Å². The molecule has 1 heterocycles. The number of carboxylic acids is 1. The van der Waals surface area contributed by atoms with Gasteiger partial charge in [0, 0.05) is 12.5 Å². The topological polar surface area (TPSA) is 134 Å². The highest BCUT2D eigenvalue weighted by atomic mass is 16.5. The maximum absolute atomic E-state index is 13.0. The maximum atomic E-state index is 13.0. The minimum absolute atomic E-state index is 0.0497. The molecule has 3 aliphatic rings. The standard InChI is InChI=1S/C25H25N3O6/c29-21-20(18(12-26-21)22(30)31)27-23(32)25(10-5-11-25)28-24(33)34-13-19-16-8-3-1-6-14(16)15-7-2-4-9-17(15)19/h1-4,6-9,18-20H,5,10-13H2,(H,26,29)(H,27,32)(H,28,33)(H,30,31). The number of carboxylic acid groups (broad SMARTS) is 1. The molecule has 0 bridgehead atoms. The fraction of sp³-hybridized carbons (Fsp3) is 0.360. The lowest BCUT2D eigenvalue weighted by molar-refractivity contribution is -0.144. The van der Waals surface area contributed by atoms with E-state index in [1.807, 2.05) is 48.5 Å². The van der Waals surface area contributed by atoms with E-state index in [0.29, 0.717) is 12.8 Å². The second kappa shape index (κ2) is 8.48. The Morgan fingerprint density at radius 2 is 1.65 bits per heavy atom. The van der Waals surface area contributed by atoms with Gasteiger partial charge in [-0.25, -0.2) is 4.79 Å². The Balaban J connectivity index is 1.25. The smallest absolute Gasteiger partial charge is 0.408 e. The molecule has 34 heavy (non-hydrogen) atoms. The zero-order valence-corrected chi connectivity index (χ0v) is 18.4. The molecular formula is C25H25N3O6. The van der Waals surface area contributed by atoms with Crippen molar-refractivity contribution in [1.29, 1.82) is 0 Å². The number of carbonyl (C=O) groups is 4. The zero-order valence-electron chi connectivity index (χ0n) is 18.4. The van der Waals surface area contributed by atoms with Crippen LogP contribution in [0.4, 0.5) is 4.79 Å². The molecule has 9 heteroatoms. The third kappa shape index (κ3) is 3.67. The van der Waals surface area contributed by atoms with Crippen LogP contribution < -0.4 is 16.0 Å². The first-order valence-electron chi connectivity index (χ1n) is 11.3. The SMILES string of the molecule is O=C(NC1(C(=O)NC2C(=O)NCC2C(=O)O)CCC1)OCC1c2ccccc2-c2ccccc21. The number of hydrogen-bond acceptors (Lipinski definition) is 5. The van der Waals surface area contributed by atoms with Crippen molar-refractivity contribution >= 4 is 23.9 Å². The van der Waals surface area contributed by atoms with E-state index in [4.69, 9.17) is 4.74 Å². The lowest BCUT2D eigenvalue weighted by Gasteiger charge is -2.41. The van der Waals surface area contributed by atoms with Crippen LogP contribution in [-0.4, -0.2) is 53.7 Å². The van der Waals surface area contributed by atoms with E-state index < -0.39 is 41.4 Å². The molecule has 1 saturated carbocycles. The van der Waals surface area contributed by atoms with E-state index >= 15 is 0 Å². The van der Waals surface area contributed by atoms with Crippen molar-refractivity contribution in [3.05, 3.63) is 59.7 Å². The van der Waals surface area contributed by atoms with Crippen molar-refractivity contribution in [1.82, 2.24) is 16.0 Å². The van der Waals surface area contributed by atoms with Gasteiger partial charge in [-0.15, -0.1) is 0 Å². The Kier molecular flexibility index (Phi) is 5.47. The van der Waals surface area contributed by atoms with Gasteiger partial charge in [0.15, 0.2) is 0 Å². The number of rotatable bonds is 6. The molecular weight excluding hydrogens is 438 g/mol. The number of aliphatic carboxylic acids is 1. The Morgan fingerprint density at radius 3 is 2.21 bits per heavy atom. The van der Waals surface area contributed by atoms with Crippen molar-refractivity contribution in [3.63, 3.8) is 0 Å². The summed E-state index contributed by atoms with van der Waals surface area (Å²) in [6.45, 7) is 0.0651. The second-order valence-electron chi connectivity index (χ2n) is 9.03. The summed E-state index contributed by atoms with van der Waals surface area (Å²) in [7, 11) is 0. The van der Waals surface area contributed by atoms with Crippen LogP contribution in [0.25, 0.3) is 11.1 Å². The van der Waals surface area contributed by atoms with Crippen LogP contribution in [0.3, 0.4) is 0 Å². The van der Waals surface area contributed by atoms with Crippen LogP contribution in [0.1, 0.15) is 36.3 Å². The molecule has 3 amide bonds. The van der Waals surface area contributed by atoms with E-state index in [-0.39, 0.29) is 19.1 Å². The van der Waals surface area contributed by atoms with E-state index in [9.17, 15) is 24.3 Å². The molecule has 176 valence electrons. The van der Waals surface area contributed by atoms with Crippen molar-refractivity contribution in [3.8, 4) is 11.1 Å².